The van der Waals surface area contributed by atoms with Gasteiger partial charge in [-0.05, 0) is 43.8 Å². The van der Waals surface area contributed by atoms with E-state index in [-0.39, 0.29) is 11.9 Å². The van der Waals surface area contributed by atoms with Crippen molar-refractivity contribution in [3.63, 3.8) is 0 Å². The van der Waals surface area contributed by atoms with Crippen LogP contribution in [0.5, 0.6) is 0 Å². The zero-order valence-electron chi connectivity index (χ0n) is 12.4. The summed E-state index contributed by atoms with van der Waals surface area (Å²) in [6.45, 7) is 6.59. The highest BCUT2D eigenvalue weighted by Gasteiger charge is 2.26. The molecule has 0 unspecified atom stereocenters. The molecule has 0 spiro atoms. The third-order valence-corrected chi connectivity index (χ3v) is 4.37. The van der Waals surface area contributed by atoms with Crippen LogP contribution in [0, 0.1) is 5.41 Å². The Kier molecular flexibility index (Phi) is 4.40. The molecule has 0 aromatic carbocycles. The summed E-state index contributed by atoms with van der Waals surface area (Å²) in [4.78, 5) is 16.2. The van der Waals surface area contributed by atoms with Crippen LogP contribution in [0.3, 0.4) is 0 Å². The molecule has 108 valence electrons. The lowest BCUT2D eigenvalue weighted by molar-refractivity contribution is -0.128. The number of aromatic nitrogens is 1. The van der Waals surface area contributed by atoms with Crippen LogP contribution in [0.1, 0.15) is 32.4 Å². The van der Waals surface area contributed by atoms with Gasteiger partial charge < -0.3 is 10.6 Å². The van der Waals surface area contributed by atoms with E-state index < -0.39 is 5.41 Å². The maximum absolute atomic E-state index is 11.8. The molecule has 2 N–H and O–H groups in total. The molecule has 0 bridgehead atoms. The van der Waals surface area contributed by atoms with E-state index in [2.05, 4.69) is 28.6 Å². The largest absolute Gasteiger partial charge is 0.359 e. The summed E-state index contributed by atoms with van der Waals surface area (Å²) in [6.07, 6.45) is 1.90. The summed E-state index contributed by atoms with van der Waals surface area (Å²) in [5, 5.41) is 8.16. The predicted octanol–water partition coefficient (Wildman–Crippen LogP) is 2.72. The molecule has 5 heteroatoms. The van der Waals surface area contributed by atoms with E-state index >= 15 is 0 Å². The number of hydrogen-bond acceptors (Lipinski definition) is 4. The molecule has 1 atom stereocenters. The van der Waals surface area contributed by atoms with E-state index in [1.54, 1.807) is 18.4 Å². The van der Waals surface area contributed by atoms with Crippen LogP contribution in [0.15, 0.2) is 23.7 Å². The molecule has 2 rings (SSSR count). The van der Waals surface area contributed by atoms with Gasteiger partial charge in [0.15, 0.2) is 0 Å². The molecule has 2 aromatic rings. The summed E-state index contributed by atoms with van der Waals surface area (Å²) in [5.74, 6) is 0.0454. The maximum atomic E-state index is 11.8. The Hall–Kier alpha value is -1.46. The molecule has 0 saturated carbocycles. The van der Waals surface area contributed by atoms with Crippen molar-refractivity contribution in [3.8, 4) is 0 Å². The van der Waals surface area contributed by atoms with Gasteiger partial charge in [-0.25, -0.2) is 0 Å². The number of carbonyl (C=O) groups excluding carboxylic acids is 1. The van der Waals surface area contributed by atoms with Crippen molar-refractivity contribution in [1.29, 1.82) is 0 Å². The molecule has 0 aliphatic heterocycles. The average molecular weight is 291 g/mol. The predicted molar refractivity (Wildman–Crippen MR) is 83.9 cm³/mol. The van der Waals surface area contributed by atoms with Crippen molar-refractivity contribution >= 4 is 27.5 Å². The smallest absolute Gasteiger partial charge is 0.226 e. The van der Waals surface area contributed by atoms with Crippen molar-refractivity contribution < 1.29 is 4.79 Å². The van der Waals surface area contributed by atoms with Crippen molar-refractivity contribution in [1.82, 2.24) is 15.6 Å². The Balaban J connectivity index is 2.04. The molecule has 0 radical (unpaired) electrons. The lowest BCUT2D eigenvalue weighted by Gasteiger charge is -2.25. The Morgan fingerprint density at radius 1 is 1.50 bits per heavy atom. The normalized spacial score (nSPS) is 13.4. The number of carbonyl (C=O) groups is 1. The number of rotatable bonds is 5. The van der Waals surface area contributed by atoms with Gasteiger partial charge in [0, 0.05) is 25.8 Å². The lowest BCUT2D eigenvalue weighted by atomic mass is 9.92. The van der Waals surface area contributed by atoms with Gasteiger partial charge in [-0.1, -0.05) is 0 Å². The van der Waals surface area contributed by atoms with E-state index in [9.17, 15) is 4.79 Å². The molecule has 2 heterocycles. The molecule has 0 saturated heterocycles. The Morgan fingerprint density at radius 3 is 2.95 bits per heavy atom. The van der Waals surface area contributed by atoms with Crippen molar-refractivity contribution in [2.45, 2.75) is 26.8 Å². The first-order valence-electron chi connectivity index (χ1n) is 6.73. The Morgan fingerprint density at radius 2 is 2.25 bits per heavy atom. The van der Waals surface area contributed by atoms with Gasteiger partial charge >= 0.3 is 0 Å². The lowest BCUT2D eigenvalue weighted by Crippen LogP contribution is -2.42. The minimum Gasteiger partial charge on any atom is -0.359 e. The Bertz CT molecular complexity index is 606. The monoisotopic (exact) mass is 291 g/mol. The summed E-state index contributed by atoms with van der Waals surface area (Å²) < 4.78 is 1.20. The Labute approximate surface area is 123 Å². The van der Waals surface area contributed by atoms with Crippen molar-refractivity contribution in [2.24, 2.45) is 5.41 Å². The van der Waals surface area contributed by atoms with Crippen LogP contribution in [-0.2, 0) is 4.79 Å². The first-order valence-corrected chi connectivity index (χ1v) is 7.61. The first kappa shape index (κ1) is 14.9. The highest BCUT2D eigenvalue weighted by Crippen LogP contribution is 2.23. The van der Waals surface area contributed by atoms with E-state index in [0.717, 1.165) is 11.1 Å². The van der Waals surface area contributed by atoms with Crippen molar-refractivity contribution in [3.05, 3.63) is 29.3 Å². The molecule has 4 nitrogen and oxygen atoms in total. The fourth-order valence-corrected chi connectivity index (χ4v) is 2.83. The van der Waals surface area contributed by atoms with Crippen molar-refractivity contribution in [2.75, 3.05) is 13.6 Å². The second-order valence-corrected chi connectivity index (χ2v) is 6.59. The molecule has 0 aliphatic carbocycles. The molecule has 20 heavy (non-hydrogen) atoms. The van der Waals surface area contributed by atoms with Crippen LogP contribution in [-0.4, -0.2) is 24.5 Å². The van der Waals surface area contributed by atoms with Gasteiger partial charge in [-0.2, -0.15) is 0 Å². The molecular formula is C15H21N3OS. The van der Waals surface area contributed by atoms with Gasteiger partial charge in [0.1, 0.15) is 0 Å². The maximum Gasteiger partial charge on any atom is 0.226 e. The van der Waals surface area contributed by atoms with Gasteiger partial charge in [0.25, 0.3) is 0 Å². The molecule has 2 aromatic heterocycles. The van der Waals surface area contributed by atoms with Gasteiger partial charge in [0.05, 0.1) is 15.6 Å². The highest BCUT2D eigenvalue weighted by atomic mass is 32.1. The van der Waals surface area contributed by atoms with Gasteiger partial charge in [-0.15, -0.1) is 11.3 Å². The summed E-state index contributed by atoms with van der Waals surface area (Å²) in [5.41, 5.74) is 1.76. The zero-order valence-corrected chi connectivity index (χ0v) is 13.2. The third-order valence-electron chi connectivity index (χ3n) is 3.52. The van der Waals surface area contributed by atoms with E-state index in [1.807, 2.05) is 31.5 Å². The summed E-state index contributed by atoms with van der Waals surface area (Å²) in [6, 6.07) is 4.35. The number of thiophene rings is 1. The van der Waals surface area contributed by atoms with E-state index in [1.165, 1.54) is 4.70 Å². The number of nitrogens with zero attached hydrogens (tertiary/aromatic N) is 1. The van der Waals surface area contributed by atoms with E-state index in [0.29, 0.717) is 6.54 Å². The van der Waals surface area contributed by atoms with E-state index in [4.69, 9.17) is 0 Å². The number of fused-ring (bicyclic) bond motifs is 1. The van der Waals surface area contributed by atoms with Crippen LogP contribution in [0.25, 0.3) is 10.2 Å². The van der Waals surface area contributed by atoms with Crippen LogP contribution in [0.2, 0.25) is 0 Å². The fourth-order valence-electron chi connectivity index (χ4n) is 2.04. The SMILES string of the molecule is CNC(=O)C(C)(C)CN[C@H](C)c1cnc2ccsc2c1. The topological polar surface area (TPSA) is 54.0 Å². The first-order chi connectivity index (χ1) is 9.44. The molecular weight excluding hydrogens is 270 g/mol. The van der Waals surface area contributed by atoms with Gasteiger partial charge in [0.2, 0.25) is 5.91 Å². The second-order valence-electron chi connectivity index (χ2n) is 5.64. The van der Waals surface area contributed by atoms with Crippen LogP contribution >= 0.6 is 11.3 Å². The quantitative estimate of drug-likeness (QED) is 0.890. The fraction of sp³-hybridized carbons (Fsp3) is 0.467. The standard InChI is InChI=1S/C15H21N3OS/c1-10(18-9-15(2,3)14(19)16-4)11-7-13-12(17-8-11)5-6-20-13/h5-8,10,18H,9H2,1-4H3,(H,16,19)/t10-/m1/s1. The number of nitrogens with one attached hydrogen (secondary N) is 2. The summed E-state index contributed by atoms with van der Waals surface area (Å²) in [7, 11) is 1.67. The average Bonchev–Trinajstić information content (AvgIpc) is 2.91. The molecule has 0 fully saturated rings. The number of hydrogen-bond donors (Lipinski definition) is 2. The minimum absolute atomic E-state index is 0.0454. The van der Waals surface area contributed by atoms with Crippen LogP contribution < -0.4 is 10.6 Å². The number of pyridine rings is 1. The molecule has 0 aliphatic rings. The summed E-state index contributed by atoms with van der Waals surface area (Å²) >= 11 is 1.70. The van der Waals surface area contributed by atoms with Crippen LogP contribution in [0.4, 0.5) is 0 Å². The minimum atomic E-state index is -0.427. The third kappa shape index (κ3) is 3.16. The van der Waals surface area contributed by atoms with Gasteiger partial charge in [-0.3, -0.25) is 9.78 Å². The zero-order chi connectivity index (χ0) is 14.8. The number of amides is 1. The molecule has 1 amide bonds. The highest BCUT2D eigenvalue weighted by molar-refractivity contribution is 7.17. The second kappa shape index (κ2) is 5.89.